The number of benzene rings is 10. The maximum Gasteiger partial charge on any atom is 0.0541 e. The van der Waals surface area contributed by atoms with E-state index >= 15 is 0 Å². The third-order valence-corrected chi connectivity index (χ3v) is 13.3. The molecule has 12 aromatic rings. The van der Waals surface area contributed by atoms with Crippen LogP contribution >= 0.6 is 11.3 Å². The van der Waals surface area contributed by atoms with Crippen LogP contribution in [0.5, 0.6) is 0 Å². The molecule has 2 aromatic heterocycles. The molecule has 0 saturated carbocycles. The summed E-state index contributed by atoms with van der Waals surface area (Å²) in [6, 6.07) is 84.3. The van der Waals surface area contributed by atoms with E-state index in [1.807, 2.05) is 11.3 Å². The van der Waals surface area contributed by atoms with Crippen LogP contribution in [0.1, 0.15) is 0 Å². The molecule has 0 radical (unpaired) electrons. The Labute approximate surface area is 358 Å². The third kappa shape index (κ3) is 6.09. The van der Waals surface area contributed by atoms with Crippen LogP contribution in [0.3, 0.4) is 0 Å². The van der Waals surface area contributed by atoms with E-state index in [-0.39, 0.29) is 0 Å². The Balaban J connectivity index is 0.977. The summed E-state index contributed by atoms with van der Waals surface area (Å²) >= 11 is 1.86. The Kier molecular flexibility index (Phi) is 8.39. The average Bonchev–Trinajstić information content (AvgIpc) is 3.88. The molecule has 0 spiro atoms. The molecule has 12 rings (SSSR count). The molecule has 61 heavy (non-hydrogen) atoms. The highest BCUT2D eigenvalue weighted by atomic mass is 32.1. The van der Waals surface area contributed by atoms with E-state index in [1.54, 1.807) is 0 Å². The van der Waals surface area contributed by atoms with Crippen molar-refractivity contribution in [1.29, 1.82) is 0 Å². The first kappa shape index (κ1) is 35.2. The first-order chi connectivity index (χ1) is 30.2. The molecule has 3 heteroatoms. The van der Waals surface area contributed by atoms with Gasteiger partial charge in [0.1, 0.15) is 0 Å². The van der Waals surface area contributed by atoms with E-state index in [0.717, 1.165) is 22.7 Å². The first-order valence-corrected chi connectivity index (χ1v) is 21.6. The predicted molar refractivity (Wildman–Crippen MR) is 262 cm³/mol. The highest BCUT2D eigenvalue weighted by molar-refractivity contribution is 7.25. The highest BCUT2D eigenvalue weighted by Gasteiger charge is 2.19. The number of thiophene rings is 1. The minimum absolute atomic E-state index is 1.09. The molecule has 0 aliphatic carbocycles. The lowest BCUT2D eigenvalue weighted by Crippen LogP contribution is -2.11. The monoisotopic (exact) mass is 794 g/mol. The van der Waals surface area contributed by atoms with Crippen LogP contribution in [-0.2, 0) is 0 Å². The quantitative estimate of drug-likeness (QED) is 0.156. The van der Waals surface area contributed by atoms with Gasteiger partial charge in [-0.15, -0.1) is 11.3 Å². The van der Waals surface area contributed by atoms with Crippen LogP contribution in [0.25, 0.3) is 91.8 Å². The largest absolute Gasteiger partial charge is 0.310 e. The van der Waals surface area contributed by atoms with Crippen LogP contribution in [0.2, 0.25) is 0 Å². The van der Waals surface area contributed by atoms with E-state index < -0.39 is 0 Å². The maximum absolute atomic E-state index is 2.41. The molecular weight excluding hydrogens is 757 g/mol. The van der Waals surface area contributed by atoms with Gasteiger partial charge in [0, 0.05) is 53.6 Å². The zero-order valence-electron chi connectivity index (χ0n) is 33.2. The second kappa shape index (κ2) is 14.5. The van der Waals surface area contributed by atoms with Crippen LogP contribution in [0, 0.1) is 0 Å². The minimum atomic E-state index is 1.09. The van der Waals surface area contributed by atoms with Gasteiger partial charge in [0.2, 0.25) is 0 Å². The molecule has 0 unspecified atom stereocenters. The molecule has 286 valence electrons. The number of rotatable bonds is 7. The fraction of sp³-hybridized carbons (Fsp3) is 0. The van der Waals surface area contributed by atoms with Gasteiger partial charge in [-0.05, 0) is 124 Å². The van der Waals surface area contributed by atoms with Crippen LogP contribution < -0.4 is 4.90 Å². The summed E-state index contributed by atoms with van der Waals surface area (Å²) in [5, 5.41) is 7.63. The lowest BCUT2D eigenvalue weighted by atomic mass is 9.97. The summed E-state index contributed by atoms with van der Waals surface area (Å²) in [5.74, 6) is 0. The molecule has 0 atom stereocenters. The van der Waals surface area contributed by atoms with Gasteiger partial charge < -0.3 is 9.47 Å². The van der Waals surface area contributed by atoms with Crippen molar-refractivity contribution in [2.24, 2.45) is 0 Å². The summed E-state index contributed by atoms with van der Waals surface area (Å²) in [5.41, 5.74) is 14.0. The Hall–Kier alpha value is -7.72. The van der Waals surface area contributed by atoms with Gasteiger partial charge in [-0.3, -0.25) is 0 Å². The Bertz CT molecular complexity index is 3540. The molecule has 2 heterocycles. The second-order valence-corrected chi connectivity index (χ2v) is 16.8. The van der Waals surface area contributed by atoms with Gasteiger partial charge in [-0.25, -0.2) is 0 Å². The molecule has 10 aromatic carbocycles. The molecule has 0 saturated heterocycles. The van der Waals surface area contributed by atoms with Crippen LogP contribution in [0.4, 0.5) is 17.1 Å². The minimum Gasteiger partial charge on any atom is -0.310 e. The molecule has 2 nitrogen and oxygen atoms in total. The predicted octanol–water partition coefficient (Wildman–Crippen LogP) is 16.8. The number of para-hydroxylation sites is 3. The first-order valence-electron chi connectivity index (χ1n) is 20.8. The molecule has 0 aliphatic heterocycles. The normalized spacial score (nSPS) is 11.6. The van der Waals surface area contributed by atoms with E-state index in [9.17, 15) is 0 Å². The van der Waals surface area contributed by atoms with Crippen molar-refractivity contribution in [3.05, 3.63) is 231 Å². The molecular formula is C58H38N2S. The zero-order valence-corrected chi connectivity index (χ0v) is 34.1. The number of hydrogen-bond donors (Lipinski definition) is 0. The summed E-state index contributed by atoms with van der Waals surface area (Å²) < 4.78 is 5.00. The summed E-state index contributed by atoms with van der Waals surface area (Å²) in [7, 11) is 0. The maximum atomic E-state index is 2.41. The van der Waals surface area contributed by atoms with E-state index in [1.165, 1.54) is 86.1 Å². The number of fused-ring (bicyclic) bond motifs is 7. The van der Waals surface area contributed by atoms with E-state index in [2.05, 4.69) is 240 Å². The fourth-order valence-corrected chi connectivity index (χ4v) is 10.3. The molecule has 0 amide bonds. The van der Waals surface area contributed by atoms with Crippen molar-refractivity contribution in [2.45, 2.75) is 0 Å². The van der Waals surface area contributed by atoms with Gasteiger partial charge in [-0.1, -0.05) is 146 Å². The third-order valence-electron chi connectivity index (χ3n) is 12.2. The molecule has 0 fully saturated rings. The van der Waals surface area contributed by atoms with Crippen LogP contribution in [-0.4, -0.2) is 4.57 Å². The van der Waals surface area contributed by atoms with E-state index in [0.29, 0.717) is 0 Å². The lowest BCUT2D eigenvalue weighted by Gasteiger charge is -2.28. The van der Waals surface area contributed by atoms with Crippen molar-refractivity contribution < 1.29 is 0 Å². The van der Waals surface area contributed by atoms with Crippen LogP contribution in [0.15, 0.2) is 231 Å². The Morgan fingerprint density at radius 3 is 1.66 bits per heavy atom. The summed E-state index contributed by atoms with van der Waals surface area (Å²) in [4.78, 5) is 2.41. The van der Waals surface area contributed by atoms with Crippen molar-refractivity contribution in [3.63, 3.8) is 0 Å². The topological polar surface area (TPSA) is 8.17 Å². The van der Waals surface area contributed by atoms with Crippen molar-refractivity contribution in [3.8, 4) is 39.1 Å². The Morgan fingerprint density at radius 1 is 0.328 bits per heavy atom. The van der Waals surface area contributed by atoms with Crippen molar-refractivity contribution in [1.82, 2.24) is 4.57 Å². The van der Waals surface area contributed by atoms with Gasteiger partial charge >= 0.3 is 0 Å². The number of aromatic nitrogens is 1. The van der Waals surface area contributed by atoms with E-state index in [4.69, 9.17) is 0 Å². The summed E-state index contributed by atoms with van der Waals surface area (Å²) in [6.45, 7) is 0. The highest BCUT2D eigenvalue weighted by Crippen LogP contribution is 2.44. The molecule has 0 bridgehead atoms. The molecule has 0 aliphatic rings. The lowest BCUT2D eigenvalue weighted by molar-refractivity contribution is 1.17. The standard InChI is InChI=1S/C58H38N2S/c1-2-13-41-37-44(25-24-39(41)12-1)43-15-11-14-42(36-43)40-26-29-46(30-27-40)59(47-31-33-48(34-32-47)60-55-21-8-4-17-50(55)51-18-5-9-22-56(51)60)54-20-7-3-16-49(54)45-28-35-58-53(38-45)52-19-6-10-23-57(52)61-58/h1-38H. The fourth-order valence-electron chi connectivity index (χ4n) is 9.24. The van der Waals surface area contributed by atoms with Crippen molar-refractivity contribution >= 4 is 81.1 Å². The van der Waals surface area contributed by atoms with Crippen molar-refractivity contribution in [2.75, 3.05) is 4.90 Å². The van der Waals surface area contributed by atoms with Gasteiger partial charge in [0.15, 0.2) is 0 Å². The van der Waals surface area contributed by atoms with Gasteiger partial charge in [0.05, 0.1) is 16.7 Å². The average molecular weight is 795 g/mol. The van der Waals surface area contributed by atoms with Gasteiger partial charge in [-0.2, -0.15) is 0 Å². The second-order valence-electron chi connectivity index (χ2n) is 15.7. The zero-order chi connectivity index (χ0) is 40.3. The SMILES string of the molecule is c1cc(-c2ccc(N(c3ccc(-n4c5ccccc5c5ccccc54)cc3)c3ccccc3-c3ccc4sc5ccccc5c4c3)cc2)cc(-c2ccc3ccccc3c2)c1. The number of nitrogens with zero attached hydrogens (tertiary/aromatic N) is 2. The number of hydrogen-bond acceptors (Lipinski definition) is 2. The molecule has 0 N–H and O–H groups in total. The Morgan fingerprint density at radius 2 is 0.885 bits per heavy atom. The smallest absolute Gasteiger partial charge is 0.0541 e. The van der Waals surface area contributed by atoms with Gasteiger partial charge in [0.25, 0.3) is 0 Å². The summed E-state index contributed by atoms with van der Waals surface area (Å²) in [6.07, 6.45) is 0. The number of anilines is 3.